The number of thioether (sulfide) groups is 1. The first kappa shape index (κ1) is 28.2. The quantitative estimate of drug-likeness (QED) is 0.315. The molecule has 1 aliphatic rings. The topological polar surface area (TPSA) is 97.3 Å². The fourth-order valence-electron chi connectivity index (χ4n) is 3.87. The molecule has 39 heavy (non-hydrogen) atoms. The maximum Gasteiger partial charge on any atom is 0.338 e. The van der Waals surface area contributed by atoms with E-state index < -0.39 is 11.2 Å². The number of nitrogens with zero attached hydrogens (tertiary/aromatic N) is 2. The number of amides is 2. The van der Waals surface area contributed by atoms with Gasteiger partial charge in [0.15, 0.2) is 5.17 Å². The predicted molar refractivity (Wildman–Crippen MR) is 154 cm³/mol. The molecule has 0 bridgehead atoms. The lowest BCUT2D eigenvalue weighted by atomic mass is 10.1. The number of rotatable bonds is 10. The third-order valence-electron chi connectivity index (χ3n) is 5.91. The largest absolute Gasteiger partial charge is 0.497 e. The minimum absolute atomic E-state index is 0.0256. The van der Waals surface area contributed by atoms with Crippen LogP contribution in [0.15, 0.2) is 77.8 Å². The van der Waals surface area contributed by atoms with Crippen molar-refractivity contribution in [2.45, 2.75) is 25.0 Å². The molecule has 4 rings (SSSR count). The molecule has 0 aromatic heterocycles. The molecule has 1 atom stereocenters. The molecule has 1 saturated heterocycles. The third kappa shape index (κ3) is 7.61. The van der Waals surface area contributed by atoms with E-state index in [9.17, 15) is 14.4 Å². The standard InChI is InChI=1S/C29H28ClN3O5S/c1-3-38-28(36)20-6-10-22(11-7-20)31-26(34)18-25-27(35)33(17-16-19-4-8-21(30)9-5-19)29(39-25)32-23-12-14-24(37-2)15-13-23/h4-15,25H,3,16-18H2,1-2H3,(H,31,34)/t25-/m0/s1. The van der Waals surface area contributed by atoms with Crippen LogP contribution in [0.3, 0.4) is 0 Å². The van der Waals surface area contributed by atoms with Crippen molar-refractivity contribution in [3.63, 3.8) is 0 Å². The first-order valence-electron chi connectivity index (χ1n) is 12.4. The normalized spacial score (nSPS) is 15.9. The van der Waals surface area contributed by atoms with Crippen LogP contribution in [0.2, 0.25) is 5.02 Å². The second-order valence-corrected chi connectivity index (χ2v) is 10.2. The molecule has 3 aromatic carbocycles. The van der Waals surface area contributed by atoms with E-state index in [1.807, 2.05) is 36.4 Å². The van der Waals surface area contributed by atoms with Gasteiger partial charge in [0.05, 0.1) is 25.0 Å². The van der Waals surface area contributed by atoms with E-state index in [1.165, 1.54) is 11.8 Å². The predicted octanol–water partition coefficient (Wildman–Crippen LogP) is 5.73. The molecule has 10 heteroatoms. The number of benzene rings is 3. The van der Waals surface area contributed by atoms with Crippen molar-refractivity contribution < 1.29 is 23.9 Å². The van der Waals surface area contributed by atoms with Crippen molar-refractivity contribution in [1.29, 1.82) is 0 Å². The lowest BCUT2D eigenvalue weighted by molar-refractivity contribution is -0.128. The van der Waals surface area contributed by atoms with Crippen LogP contribution >= 0.6 is 23.4 Å². The van der Waals surface area contributed by atoms with Gasteiger partial charge in [0.1, 0.15) is 11.0 Å². The van der Waals surface area contributed by atoms with Gasteiger partial charge in [0, 0.05) is 23.7 Å². The number of anilines is 1. The third-order valence-corrected chi connectivity index (χ3v) is 7.33. The van der Waals surface area contributed by atoms with Crippen LogP contribution < -0.4 is 10.1 Å². The van der Waals surface area contributed by atoms with E-state index in [1.54, 1.807) is 55.3 Å². The highest BCUT2D eigenvalue weighted by atomic mass is 35.5. The number of esters is 1. The highest BCUT2D eigenvalue weighted by Gasteiger charge is 2.39. The summed E-state index contributed by atoms with van der Waals surface area (Å²) in [6, 6.07) is 21.1. The smallest absolute Gasteiger partial charge is 0.338 e. The summed E-state index contributed by atoms with van der Waals surface area (Å²) in [7, 11) is 1.59. The van der Waals surface area contributed by atoms with E-state index in [2.05, 4.69) is 5.32 Å². The van der Waals surface area contributed by atoms with Crippen LogP contribution in [0, 0.1) is 0 Å². The van der Waals surface area contributed by atoms with Gasteiger partial charge >= 0.3 is 5.97 Å². The van der Waals surface area contributed by atoms with Gasteiger partial charge in [-0.25, -0.2) is 9.79 Å². The van der Waals surface area contributed by atoms with Gasteiger partial charge in [-0.15, -0.1) is 0 Å². The molecule has 1 aliphatic heterocycles. The zero-order valence-electron chi connectivity index (χ0n) is 21.6. The van der Waals surface area contributed by atoms with Crippen molar-refractivity contribution in [2.75, 3.05) is 25.6 Å². The fourth-order valence-corrected chi connectivity index (χ4v) is 5.18. The molecule has 0 saturated carbocycles. The van der Waals surface area contributed by atoms with Gasteiger partial charge in [0.2, 0.25) is 11.8 Å². The number of carbonyl (C=O) groups excluding carboxylic acids is 3. The van der Waals surface area contributed by atoms with Crippen LogP contribution in [-0.2, 0) is 20.7 Å². The Morgan fingerprint density at radius 2 is 1.72 bits per heavy atom. The summed E-state index contributed by atoms with van der Waals surface area (Å²) in [5.74, 6) is -0.202. The zero-order valence-corrected chi connectivity index (χ0v) is 23.1. The molecule has 8 nitrogen and oxygen atoms in total. The minimum atomic E-state index is -0.619. The fraction of sp³-hybridized carbons (Fsp3) is 0.241. The van der Waals surface area contributed by atoms with Gasteiger partial charge in [0.25, 0.3) is 0 Å². The number of ether oxygens (including phenoxy) is 2. The number of hydrogen-bond acceptors (Lipinski definition) is 7. The van der Waals surface area contributed by atoms with Gasteiger partial charge in [-0.1, -0.05) is 35.5 Å². The van der Waals surface area contributed by atoms with Crippen molar-refractivity contribution >= 4 is 57.7 Å². The second-order valence-electron chi connectivity index (χ2n) is 8.62. The van der Waals surface area contributed by atoms with Gasteiger partial charge < -0.3 is 14.8 Å². The van der Waals surface area contributed by atoms with Crippen LogP contribution in [0.1, 0.15) is 29.3 Å². The van der Waals surface area contributed by atoms with Crippen LogP contribution in [0.4, 0.5) is 11.4 Å². The monoisotopic (exact) mass is 565 g/mol. The number of aliphatic imine (C=N–C) groups is 1. The van der Waals surface area contributed by atoms with Crippen LogP contribution in [0.5, 0.6) is 5.75 Å². The Balaban J connectivity index is 1.46. The van der Waals surface area contributed by atoms with E-state index in [-0.39, 0.29) is 24.8 Å². The lowest BCUT2D eigenvalue weighted by Gasteiger charge is -2.16. The second kappa shape index (κ2) is 13.3. The number of nitrogens with one attached hydrogen (secondary N) is 1. The van der Waals surface area contributed by atoms with Gasteiger partial charge in [-0.3, -0.25) is 14.5 Å². The summed E-state index contributed by atoms with van der Waals surface area (Å²) in [4.78, 5) is 44.4. The number of hydrogen-bond donors (Lipinski definition) is 1. The molecule has 2 amide bonds. The summed E-state index contributed by atoms with van der Waals surface area (Å²) < 4.78 is 10.2. The van der Waals surface area contributed by atoms with E-state index >= 15 is 0 Å². The Morgan fingerprint density at radius 1 is 1.03 bits per heavy atom. The van der Waals surface area contributed by atoms with E-state index in [0.717, 1.165) is 5.56 Å². The molecule has 1 N–H and O–H groups in total. The number of carbonyl (C=O) groups is 3. The lowest BCUT2D eigenvalue weighted by Crippen LogP contribution is -2.35. The molecular formula is C29H28ClN3O5S. The molecular weight excluding hydrogens is 538 g/mol. The van der Waals surface area contributed by atoms with Gasteiger partial charge in [-0.2, -0.15) is 0 Å². The highest BCUT2D eigenvalue weighted by molar-refractivity contribution is 8.15. The van der Waals surface area contributed by atoms with Gasteiger partial charge in [-0.05, 0) is 79.6 Å². The van der Waals surface area contributed by atoms with Crippen molar-refractivity contribution in [1.82, 2.24) is 4.90 Å². The average molecular weight is 566 g/mol. The zero-order chi connectivity index (χ0) is 27.8. The van der Waals surface area contributed by atoms with Crippen LogP contribution in [0.25, 0.3) is 0 Å². The van der Waals surface area contributed by atoms with Crippen molar-refractivity contribution in [2.24, 2.45) is 4.99 Å². The van der Waals surface area contributed by atoms with Crippen molar-refractivity contribution in [3.8, 4) is 5.75 Å². The first-order chi connectivity index (χ1) is 18.9. The molecule has 0 unspecified atom stereocenters. The summed E-state index contributed by atoms with van der Waals surface area (Å²) in [6.45, 7) is 2.43. The summed E-state index contributed by atoms with van der Waals surface area (Å²) in [5, 5.41) is 3.37. The van der Waals surface area contributed by atoms with E-state index in [4.69, 9.17) is 26.1 Å². The Bertz CT molecular complexity index is 1340. The first-order valence-corrected chi connectivity index (χ1v) is 13.6. The Morgan fingerprint density at radius 3 is 2.36 bits per heavy atom. The Labute approximate surface area is 236 Å². The molecule has 1 heterocycles. The summed E-state index contributed by atoms with van der Waals surface area (Å²) >= 11 is 7.27. The van der Waals surface area contributed by atoms with Crippen molar-refractivity contribution in [3.05, 3.63) is 88.9 Å². The number of amidine groups is 1. The van der Waals surface area contributed by atoms with Crippen LogP contribution in [-0.4, -0.2) is 53.4 Å². The average Bonchev–Trinajstić information content (AvgIpc) is 3.22. The molecule has 1 fully saturated rings. The minimum Gasteiger partial charge on any atom is -0.497 e. The summed E-state index contributed by atoms with van der Waals surface area (Å²) in [5.41, 5.74) is 2.63. The maximum absolute atomic E-state index is 13.4. The van der Waals surface area contributed by atoms with E-state index in [0.29, 0.717) is 45.8 Å². The molecule has 0 radical (unpaired) electrons. The Kier molecular flexibility index (Phi) is 9.62. The SMILES string of the molecule is CCOC(=O)c1ccc(NC(=O)C[C@@H]2SC(=Nc3ccc(OC)cc3)N(CCc3ccc(Cl)cc3)C2=O)cc1. The maximum atomic E-state index is 13.4. The highest BCUT2D eigenvalue weighted by Crippen LogP contribution is 2.32. The molecule has 202 valence electrons. The molecule has 0 aliphatic carbocycles. The summed E-state index contributed by atoms with van der Waals surface area (Å²) in [6.07, 6.45) is 0.582. The Hall–Kier alpha value is -3.82. The molecule has 0 spiro atoms. The number of methoxy groups -OCH3 is 1. The molecule has 3 aromatic rings. The number of halogens is 1.